The van der Waals surface area contributed by atoms with Gasteiger partial charge in [0.1, 0.15) is 5.82 Å². The minimum absolute atomic E-state index is 0.516. The van der Waals surface area contributed by atoms with Crippen LogP contribution < -0.4 is 0 Å². The zero-order valence-electron chi connectivity index (χ0n) is 9.25. The summed E-state index contributed by atoms with van der Waals surface area (Å²) in [7, 11) is 0. The molecule has 1 N–H and O–H groups in total. The maximum absolute atomic E-state index is 5.41. The summed E-state index contributed by atoms with van der Waals surface area (Å²) >= 11 is 0. The van der Waals surface area contributed by atoms with Crippen molar-refractivity contribution in [3.8, 4) is 0 Å². The van der Waals surface area contributed by atoms with Gasteiger partial charge >= 0.3 is 0 Å². The number of rotatable bonds is 1. The molecule has 0 amide bonds. The van der Waals surface area contributed by atoms with E-state index >= 15 is 0 Å². The van der Waals surface area contributed by atoms with E-state index in [1.807, 2.05) is 0 Å². The lowest BCUT2D eigenvalue weighted by Gasteiger charge is -2.15. The zero-order chi connectivity index (χ0) is 10.3. The van der Waals surface area contributed by atoms with Gasteiger partial charge in [0.25, 0.3) is 0 Å². The highest BCUT2D eigenvalue weighted by Gasteiger charge is 2.26. The molecule has 2 aliphatic rings. The Balaban J connectivity index is 1.90. The van der Waals surface area contributed by atoms with E-state index in [2.05, 4.69) is 11.9 Å². The second-order valence-corrected chi connectivity index (χ2v) is 4.84. The summed E-state index contributed by atoms with van der Waals surface area (Å²) in [4.78, 5) is 8.29. The first kappa shape index (κ1) is 9.40. The monoisotopic (exact) mass is 206 g/mol. The molecular formula is C12H18N2O. The van der Waals surface area contributed by atoms with Crippen LogP contribution in [0.15, 0.2) is 0 Å². The van der Waals surface area contributed by atoms with Gasteiger partial charge in [0.2, 0.25) is 0 Å². The quantitative estimate of drug-likeness (QED) is 0.766. The van der Waals surface area contributed by atoms with Crippen LogP contribution in [-0.2, 0) is 11.2 Å². The second-order valence-electron chi connectivity index (χ2n) is 4.84. The molecule has 82 valence electrons. The van der Waals surface area contributed by atoms with Gasteiger partial charge in [-0.2, -0.15) is 0 Å². The van der Waals surface area contributed by atoms with Crippen LogP contribution in [-0.4, -0.2) is 23.2 Å². The average molecular weight is 206 g/mol. The first-order chi connectivity index (χ1) is 7.34. The Morgan fingerprint density at radius 2 is 2.33 bits per heavy atom. The van der Waals surface area contributed by atoms with Crippen molar-refractivity contribution in [2.75, 3.05) is 13.2 Å². The fourth-order valence-corrected chi connectivity index (χ4v) is 2.71. The largest absolute Gasteiger partial charge is 0.381 e. The zero-order valence-corrected chi connectivity index (χ0v) is 9.25. The highest BCUT2D eigenvalue weighted by atomic mass is 16.5. The lowest BCUT2D eigenvalue weighted by atomic mass is 9.92. The molecule has 0 saturated carbocycles. The Bertz CT molecular complexity index is 353. The van der Waals surface area contributed by atoms with Crippen molar-refractivity contribution in [1.29, 1.82) is 0 Å². The van der Waals surface area contributed by atoms with Gasteiger partial charge in [-0.05, 0) is 25.7 Å². The lowest BCUT2D eigenvalue weighted by molar-refractivity contribution is 0.193. The molecule has 1 aliphatic carbocycles. The molecule has 1 aromatic heterocycles. The molecule has 0 bridgehead atoms. The number of aryl methyl sites for hydroxylation is 1. The Morgan fingerprint density at radius 1 is 1.40 bits per heavy atom. The van der Waals surface area contributed by atoms with Gasteiger partial charge in [-0.3, -0.25) is 0 Å². The van der Waals surface area contributed by atoms with E-state index in [9.17, 15) is 0 Å². The first-order valence-corrected chi connectivity index (χ1v) is 6.01. The number of aromatic nitrogens is 2. The van der Waals surface area contributed by atoms with E-state index < -0.39 is 0 Å². The summed E-state index contributed by atoms with van der Waals surface area (Å²) < 4.78 is 5.41. The minimum Gasteiger partial charge on any atom is -0.381 e. The summed E-state index contributed by atoms with van der Waals surface area (Å²) in [6.45, 7) is 4.03. The highest BCUT2D eigenvalue weighted by molar-refractivity contribution is 5.23. The molecule has 3 heteroatoms. The van der Waals surface area contributed by atoms with E-state index in [-0.39, 0.29) is 0 Å². The number of nitrogens with one attached hydrogen (secondary N) is 1. The SMILES string of the molecule is CC1CCCc2[nH]c(C3CCOC3)nc21. The van der Waals surface area contributed by atoms with E-state index in [1.54, 1.807) is 0 Å². The van der Waals surface area contributed by atoms with Crippen LogP contribution in [0.5, 0.6) is 0 Å². The summed E-state index contributed by atoms with van der Waals surface area (Å²) in [5.41, 5.74) is 2.71. The van der Waals surface area contributed by atoms with Crippen LogP contribution in [0.2, 0.25) is 0 Å². The summed E-state index contributed by atoms with van der Waals surface area (Å²) in [6, 6.07) is 0. The molecule has 2 heterocycles. The molecule has 15 heavy (non-hydrogen) atoms. The van der Waals surface area contributed by atoms with Gasteiger partial charge in [0.15, 0.2) is 0 Å². The fraction of sp³-hybridized carbons (Fsp3) is 0.750. The maximum Gasteiger partial charge on any atom is 0.112 e. The molecule has 0 aromatic carbocycles. The fourth-order valence-electron chi connectivity index (χ4n) is 2.71. The predicted octanol–water partition coefficient (Wildman–Crippen LogP) is 2.35. The third-order valence-electron chi connectivity index (χ3n) is 3.68. The molecule has 0 radical (unpaired) electrons. The van der Waals surface area contributed by atoms with E-state index in [0.29, 0.717) is 11.8 Å². The Labute approximate surface area is 90.2 Å². The van der Waals surface area contributed by atoms with Crippen LogP contribution in [0, 0.1) is 0 Å². The molecular weight excluding hydrogens is 188 g/mol. The summed E-state index contributed by atoms with van der Waals surface area (Å²) in [5.74, 6) is 2.33. The third-order valence-corrected chi connectivity index (χ3v) is 3.68. The Hall–Kier alpha value is -0.830. The molecule has 3 nitrogen and oxygen atoms in total. The number of hydrogen-bond acceptors (Lipinski definition) is 2. The molecule has 2 atom stereocenters. The number of ether oxygens (including phenoxy) is 1. The smallest absolute Gasteiger partial charge is 0.112 e. The van der Waals surface area contributed by atoms with Crippen molar-refractivity contribution >= 4 is 0 Å². The van der Waals surface area contributed by atoms with Gasteiger partial charge in [-0.25, -0.2) is 4.98 Å². The topological polar surface area (TPSA) is 37.9 Å². The van der Waals surface area contributed by atoms with Gasteiger partial charge < -0.3 is 9.72 Å². The van der Waals surface area contributed by atoms with Crippen molar-refractivity contribution in [1.82, 2.24) is 9.97 Å². The third kappa shape index (κ3) is 1.59. The number of fused-ring (bicyclic) bond motifs is 1. The predicted molar refractivity (Wildman–Crippen MR) is 58.1 cm³/mol. The van der Waals surface area contributed by atoms with Crippen molar-refractivity contribution in [3.63, 3.8) is 0 Å². The standard InChI is InChI=1S/C12H18N2O/c1-8-3-2-4-10-11(8)14-12(13-10)9-5-6-15-7-9/h8-9H,2-7H2,1H3,(H,13,14). The Kier molecular flexibility index (Phi) is 2.28. The van der Waals surface area contributed by atoms with E-state index in [0.717, 1.165) is 19.6 Å². The number of H-pyrrole nitrogens is 1. The molecule has 1 aromatic rings. The maximum atomic E-state index is 5.41. The molecule has 0 spiro atoms. The van der Waals surface area contributed by atoms with Gasteiger partial charge in [0.05, 0.1) is 12.3 Å². The number of hydrogen-bond donors (Lipinski definition) is 1. The van der Waals surface area contributed by atoms with Crippen molar-refractivity contribution in [2.24, 2.45) is 0 Å². The highest BCUT2D eigenvalue weighted by Crippen LogP contribution is 2.32. The van der Waals surface area contributed by atoms with Gasteiger partial charge in [0, 0.05) is 24.1 Å². The van der Waals surface area contributed by atoms with Gasteiger partial charge in [-0.1, -0.05) is 6.92 Å². The molecule has 1 fully saturated rings. The lowest BCUT2D eigenvalue weighted by Crippen LogP contribution is -2.05. The minimum atomic E-state index is 0.516. The van der Waals surface area contributed by atoms with E-state index in [1.165, 1.54) is 36.5 Å². The summed E-state index contributed by atoms with van der Waals surface area (Å²) in [6.07, 6.45) is 4.90. The van der Waals surface area contributed by atoms with Crippen LogP contribution >= 0.6 is 0 Å². The molecule has 3 rings (SSSR count). The number of nitrogens with zero attached hydrogens (tertiary/aromatic N) is 1. The molecule has 2 unspecified atom stereocenters. The second kappa shape index (κ2) is 3.63. The van der Waals surface area contributed by atoms with Crippen LogP contribution in [0.25, 0.3) is 0 Å². The first-order valence-electron chi connectivity index (χ1n) is 6.01. The van der Waals surface area contributed by atoms with Gasteiger partial charge in [-0.15, -0.1) is 0 Å². The Morgan fingerprint density at radius 3 is 3.07 bits per heavy atom. The average Bonchev–Trinajstić information content (AvgIpc) is 2.86. The normalized spacial score (nSPS) is 30.5. The number of aromatic amines is 1. The molecule has 1 aliphatic heterocycles. The van der Waals surface area contributed by atoms with Crippen LogP contribution in [0.4, 0.5) is 0 Å². The van der Waals surface area contributed by atoms with Crippen molar-refractivity contribution < 1.29 is 4.74 Å². The van der Waals surface area contributed by atoms with Crippen molar-refractivity contribution in [2.45, 2.75) is 44.4 Å². The van der Waals surface area contributed by atoms with Crippen LogP contribution in [0.3, 0.4) is 0 Å². The molecule has 1 saturated heterocycles. The van der Waals surface area contributed by atoms with Crippen molar-refractivity contribution in [3.05, 3.63) is 17.2 Å². The van der Waals surface area contributed by atoms with E-state index in [4.69, 9.17) is 9.72 Å². The number of imidazole rings is 1. The summed E-state index contributed by atoms with van der Waals surface area (Å²) in [5, 5.41) is 0. The van der Waals surface area contributed by atoms with Crippen LogP contribution in [0.1, 0.15) is 55.2 Å².